The molecule has 0 aliphatic carbocycles. The van der Waals surface area contributed by atoms with Gasteiger partial charge in [-0.2, -0.15) is 0 Å². The van der Waals surface area contributed by atoms with Crippen molar-refractivity contribution in [1.29, 1.82) is 0 Å². The minimum atomic E-state index is 0.109. The molecule has 3 nitrogen and oxygen atoms in total. The first-order chi connectivity index (χ1) is 9.24. The Labute approximate surface area is 125 Å². The summed E-state index contributed by atoms with van der Waals surface area (Å²) in [6.45, 7) is 0.982. The van der Waals surface area contributed by atoms with Crippen molar-refractivity contribution >= 4 is 39.9 Å². The number of rotatable bonds is 2. The molecule has 0 atom stereocenters. The molecule has 0 aromatic heterocycles. The average molecular weight is 364 g/mol. The van der Waals surface area contributed by atoms with E-state index in [1.165, 1.54) is 3.57 Å². The Morgan fingerprint density at radius 1 is 1.11 bits per heavy atom. The number of amides is 1. The topological polar surface area (TPSA) is 32.3 Å². The molecule has 2 aromatic carbocycles. The van der Waals surface area contributed by atoms with Crippen LogP contribution in [0.1, 0.15) is 5.56 Å². The van der Waals surface area contributed by atoms with E-state index in [9.17, 15) is 4.79 Å². The second-order valence-corrected chi connectivity index (χ2v) is 5.72. The summed E-state index contributed by atoms with van der Waals surface area (Å²) in [6, 6.07) is 16.2. The van der Waals surface area contributed by atoms with Crippen molar-refractivity contribution in [3.8, 4) is 0 Å². The fourth-order valence-corrected chi connectivity index (χ4v) is 2.56. The van der Waals surface area contributed by atoms with Gasteiger partial charge in [-0.05, 0) is 52.4 Å². The van der Waals surface area contributed by atoms with Crippen LogP contribution in [0, 0.1) is 3.57 Å². The number of nitrogens with one attached hydrogen (secondary N) is 1. The standard InChI is InChI=1S/C15H13IN2O/c16-12-7-5-11(6-8-12)10-18-14-4-2-1-3-13(14)17-9-15(18)19/h1-8,17H,9-10H2. The number of carbonyl (C=O) groups excluding carboxylic acids is 1. The third-order valence-electron chi connectivity index (χ3n) is 3.18. The smallest absolute Gasteiger partial charge is 0.246 e. The molecular formula is C15H13IN2O. The van der Waals surface area contributed by atoms with Gasteiger partial charge in [-0.3, -0.25) is 4.79 Å². The van der Waals surface area contributed by atoms with Gasteiger partial charge in [0.1, 0.15) is 0 Å². The first-order valence-electron chi connectivity index (χ1n) is 6.12. The zero-order chi connectivity index (χ0) is 13.2. The number of para-hydroxylation sites is 2. The Morgan fingerprint density at radius 2 is 1.84 bits per heavy atom. The van der Waals surface area contributed by atoms with Gasteiger partial charge in [0.2, 0.25) is 5.91 Å². The molecule has 1 heterocycles. The van der Waals surface area contributed by atoms with Gasteiger partial charge in [0.25, 0.3) is 0 Å². The Balaban J connectivity index is 1.91. The Bertz CT molecular complexity index is 610. The van der Waals surface area contributed by atoms with Crippen LogP contribution in [-0.4, -0.2) is 12.5 Å². The maximum Gasteiger partial charge on any atom is 0.246 e. The van der Waals surface area contributed by atoms with Gasteiger partial charge in [0.05, 0.1) is 24.5 Å². The lowest BCUT2D eigenvalue weighted by Crippen LogP contribution is -2.39. The zero-order valence-corrected chi connectivity index (χ0v) is 12.4. The average Bonchev–Trinajstić information content (AvgIpc) is 2.44. The normalized spacial score (nSPS) is 13.9. The van der Waals surface area contributed by atoms with Gasteiger partial charge in [-0.25, -0.2) is 0 Å². The highest BCUT2D eigenvalue weighted by Gasteiger charge is 2.23. The van der Waals surface area contributed by atoms with Crippen LogP contribution in [-0.2, 0) is 11.3 Å². The zero-order valence-electron chi connectivity index (χ0n) is 10.3. The Hall–Kier alpha value is -1.56. The first kappa shape index (κ1) is 12.5. The summed E-state index contributed by atoms with van der Waals surface area (Å²) < 4.78 is 1.20. The van der Waals surface area contributed by atoms with Gasteiger partial charge in [0.15, 0.2) is 0 Å². The molecule has 0 radical (unpaired) electrons. The van der Waals surface area contributed by atoms with Crippen LogP contribution in [0.2, 0.25) is 0 Å². The van der Waals surface area contributed by atoms with E-state index in [2.05, 4.69) is 52.2 Å². The van der Waals surface area contributed by atoms with Gasteiger partial charge >= 0.3 is 0 Å². The van der Waals surface area contributed by atoms with Crippen molar-refractivity contribution < 1.29 is 4.79 Å². The summed E-state index contributed by atoms with van der Waals surface area (Å²) in [5.41, 5.74) is 3.12. The number of benzene rings is 2. The maximum atomic E-state index is 12.1. The van der Waals surface area contributed by atoms with Crippen molar-refractivity contribution in [2.75, 3.05) is 16.8 Å². The SMILES string of the molecule is O=C1CNc2ccccc2N1Cc1ccc(I)cc1. The maximum absolute atomic E-state index is 12.1. The van der Waals surface area contributed by atoms with E-state index < -0.39 is 0 Å². The molecule has 3 rings (SSSR count). The molecular weight excluding hydrogens is 351 g/mol. The predicted molar refractivity (Wildman–Crippen MR) is 85.3 cm³/mol. The molecule has 0 fully saturated rings. The van der Waals surface area contributed by atoms with Crippen LogP contribution in [0.4, 0.5) is 11.4 Å². The Morgan fingerprint density at radius 3 is 2.63 bits per heavy atom. The van der Waals surface area contributed by atoms with E-state index >= 15 is 0 Å². The number of hydrogen-bond donors (Lipinski definition) is 1. The van der Waals surface area contributed by atoms with Crippen molar-refractivity contribution in [3.05, 3.63) is 57.7 Å². The highest BCUT2D eigenvalue weighted by molar-refractivity contribution is 14.1. The molecule has 0 spiro atoms. The van der Waals surface area contributed by atoms with E-state index in [0.29, 0.717) is 13.1 Å². The summed E-state index contributed by atoms with van der Waals surface area (Å²) in [7, 11) is 0. The van der Waals surface area contributed by atoms with E-state index in [4.69, 9.17) is 0 Å². The summed E-state index contributed by atoms with van der Waals surface area (Å²) in [4.78, 5) is 13.9. The van der Waals surface area contributed by atoms with Crippen LogP contribution in [0.5, 0.6) is 0 Å². The third kappa shape index (κ3) is 2.58. The van der Waals surface area contributed by atoms with Crippen LogP contribution >= 0.6 is 22.6 Å². The fraction of sp³-hybridized carbons (Fsp3) is 0.133. The third-order valence-corrected chi connectivity index (χ3v) is 3.90. The number of carbonyl (C=O) groups is 1. The van der Waals surface area contributed by atoms with E-state index in [1.54, 1.807) is 0 Å². The second kappa shape index (κ2) is 5.21. The van der Waals surface area contributed by atoms with E-state index in [-0.39, 0.29) is 5.91 Å². The largest absolute Gasteiger partial charge is 0.374 e. The highest BCUT2D eigenvalue weighted by Crippen LogP contribution is 2.30. The molecule has 0 unspecified atom stereocenters. The molecule has 1 N–H and O–H groups in total. The number of anilines is 2. The molecule has 4 heteroatoms. The van der Waals surface area contributed by atoms with Gasteiger partial charge in [-0.15, -0.1) is 0 Å². The molecule has 1 amide bonds. The summed E-state index contributed by atoms with van der Waals surface area (Å²) in [5, 5.41) is 3.14. The van der Waals surface area contributed by atoms with Gasteiger partial charge in [-0.1, -0.05) is 24.3 Å². The number of hydrogen-bond acceptors (Lipinski definition) is 2. The summed E-state index contributed by atoms with van der Waals surface area (Å²) in [5.74, 6) is 0.109. The molecule has 0 saturated carbocycles. The highest BCUT2D eigenvalue weighted by atomic mass is 127. The van der Waals surface area contributed by atoms with Crippen LogP contribution in [0.25, 0.3) is 0 Å². The van der Waals surface area contributed by atoms with Crippen molar-refractivity contribution in [1.82, 2.24) is 0 Å². The minimum absolute atomic E-state index is 0.109. The lowest BCUT2D eigenvalue weighted by atomic mass is 10.1. The molecule has 19 heavy (non-hydrogen) atoms. The first-order valence-corrected chi connectivity index (χ1v) is 7.19. The molecule has 2 aromatic rings. The van der Waals surface area contributed by atoms with Gasteiger partial charge < -0.3 is 10.2 Å². The van der Waals surface area contributed by atoms with Crippen LogP contribution < -0.4 is 10.2 Å². The molecule has 0 bridgehead atoms. The fourth-order valence-electron chi connectivity index (χ4n) is 2.20. The monoisotopic (exact) mass is 364 g/mol. The summed E-state index contributed by atoms with van der Waals surface area (Å²) in [6.07, 6.45) is 0. The molecule has 0 saturated heterocycles. The van der Waals surface area contributed by atoms with Crippen molar-refractivity contribution in [3.63, 3.8) is 0 Å². The van der Waals surface area contributed by atoms with E-state index in [0.717, 1.165) is 16.9 Å². The number of fused-ring (bicyclic) bond motifs is 1. The summed E-state index contributed by atoms with van der Waals surface area (Å²) >= 11 is 2.28. The molecule has 96 valence electrons. The lowest BCUT2D eigenvalue weighted by Gasteiger charge is -2.30. The lowest BCUT2D eigenvalue weighted by molar-refractivity contribution is -0.117. The molecule has 1 aliphatic heterocycles. The van der Waals surface area contributed by atoms with Crippen molar-refractivity contribution in [2.24, 2.45) is 0 Å². The second-order valence-electron chi connectivity index (χ2n) is 4.48. The van der Waals surface area contributed by atoms with Crippen molar-refractivity contribution in [2.45, 2.75) is 6.54 Å². The van der Waals surface area contributed by atoms with Gasteiger partial charge in [0, 0.05) is 3.57 Å². The number of halogens is 1. The van der Waals surface area contributed by atoms with E-state index in [1.807, 2.05) is 29.2 Å². The number of nitrogens with zero attached hydrogens (tertiary/aromatic N) is 1. The predicted octanol–water partition coefficient (Wildman–Crippen LogP) is 3.25. The Kier molecular flexibility index (Phi) is 3.42. The quantitative estimate of drug-likeness (QED) is 0.830. The minimum Gasteiger partial charge on any atom is -0.374 e. The molecule has 1 aliphatic rings. The van der Waals surface area contributed by atoms with Crippen LogP contribution in [0.15, 0.2) is 48.5 Å². The van der Waals surface area contributed by atoms with Crippen LogP contribution in [0.3, 0.4) is 0 Å².